The number of aromatic nitrogens is 2. The molecule has 0 bridgehead atoms. The number of ether oxygens (including phenoxy) is 3. The van der Waals surface area contributed by atoms with Crippen LogP contribution in [0.3, 0.4) is 0 Å². The second kappa shape index (κ2) is 14.4. The molecule has 3 aromatic carbocycles. The highest BCUT2D eigenvalue weighted by Gasteiger charge is 2.18. The van der Waals surface area contributed by atoms with Gasteiger partial charge in [0, 0.05) is 29.5 Å². The number of halogens is 1. The van der Waals surface area contributed by atoms with Crippen molar-refractivity contribution in [3.05, 3.63) is 82.8 Å². The number of para-hydroxylation sites is 1. The van der Waals surface area contributed by atoms with E-state index in [1.54, 1.807) is 31.3 Å². The van der Waals surface area contributed by atoms with Gasteiger partial charge in [0.1, 0.15) is 10.8 Å². The minimum absolute atomic E-state index is 0.0935. The molecule has 4 aromatic rings. The number of rotatable bonds is 13. The standard InChI is InChI=1S/C29H29BrN4O5S/c1-37-24-13-8-20(18-25(24)38-2)14-16-34(27(36)19-39-23-6-4-3-5-7-23)17-15-26(35)31-29-33-32-28(40-29)21-9-11-22(30)12-10-21/h3-13,18H,14-17,19H2,1-2H3,(H,31,33,35). The summed E-state index contributed by atoms with van der Waals surface area (Å²) in [5, 5.41) is 12.2. The van der Waals surface area contributed by atoms with E-state index < -0.39 is 0 Å². The SMILES string of the molecule is COc1ccc(CCN(CCC(=O)Nc2nnc(-c3ccc(Br)cc3)s2)C(=O)COc2ccccc2)cc1OC. The van der Waals surface area contributed by atoms with Gasteiger partial charge in [-0.05, 0) is 48.4 Å². The number of methoxy groups -OCH3 is 2. The van der Waals surface area contributed by atoms with Crippen molar-refractivity contribution >= 4 is 44.2 Å². The molecule has 4 rings (SSSR count). The van der Waals surface area contributed by atoms with E-state index in [2.05, 4.69) is 31.4 Å². The van der Waals surface area contributed by atoms with Gasteiger partial charge in [-0.3, -0.25) is 9.59 Å². The number of amides is 2. The Hall–Kier alpha value is -3.96. The third-order valence-electron chi connectivity index (χ3n) is 5.95. The predicted octanol–water partition coefficient (Wildman–Crippen LogP) is 5.46. The van der Waals surface area contributed by atoms with Crippen molar-refractivity contribution in [2.45, 2.75) is 12.8 Å². The summed E-state index contributed by atoms with van der Waals surface area (Å²) in [5.74, 6) is 1.37. The zero-order valence-corrected chi connectivity index (χ0v) is 24.5. The van der Waals surface area contributed by atoms with Crippen LogP contribution >= 0.6 is 27.3 Å². The Morgan fingerprint density at radius 3 is 2.40 bits per heavy atom. The molecule has 9 nitrogen and oxygen atoms in total. The van der Waals surface area contributed by atoms with Gasteiger partial charge < -0.3 is 24.4 Å². The summed E-state index contributed by atoms with van der Waals surface area (Å²) in [6.45, 7) is 0.477. The molecule has 1 N–H and O–H groups in total. The van der Waals surface area contributed by atoms with Gasteiger partial charge in [0.2, 0.25) is 11.0 Å². The summed E-state index contributed by atoms with van der Waals surface area (Å²) in [5.41, 5.74) is 1.88. The Labute approximate surface area is 245 Å². The molecule has 0 aliphatic rings. The molecule has 0 unspecified atom stereocenters. The van der Waals surface area contributed by atoms with Gasteiger partial charge in [-0.2, -0.15) is 0 Å². The first-order valence-corrected chi connectivity index (χ1v) is 14.1. The van der Waals surface area contributed by atoms with Crippen molar-refractivity contribution in [2.24, 2.45) is 0 Å². The Kier molecular flexibility index (Phi) is 10.5. The monoisotopic (exact) mass is 624 g/mol. The molecule has 0 spiro atoms. The number of nitrogens with zero attached hydrogens (tertiary/aromatic N) is 3. The van der Waals surface area contributed by atoms with E-state index in [1.807, 2.05) is 60.7 Å². The van der Waals surface area contributed by atoms with Gasteiger partial charge in [0.25, 0.3) is 5.91 Å². The largest absolute Gasteiger partial charge is 0.493 e. The zero-order chi connectivity index (χ0) is 28.3. The van der Waals surface area contributed by atoms with Crippen LogP contribution in [0.25, 0.3) is 10.6 Å². The van der Waals surface area contributed by atoms with Gasteiger partial charge in [0.05, 0.1) is 14.2 Å². The summed E-state index contributed by atoms with van der Waals surface area (Å²) in [6.07, 6.45) is 0.655. The smallest absolute Gasteiger partial charge is 0.260 e. The first-order chi connectivity index (χ1) is 19.4. The van der Waals surface area contributed by atoms with E-state index in [1.165, 1.54) is 11.3 Å². The van der Waals surface area contributed by atoms with E-state index >= 15 is 0 Å². The topological polar surface area (TPSA) is 103 Å². The first kappa shape index (κ1) is 29.0. The summed E-state index contributed by atoms with van der Waals surface area (Å²) in [6, 6.07) is 22.5. The van der Waals surface area contributed by atoms with Crippen molar-refractivity contribution < 1.29 is 23.8 Å². The van der Waals surface area contributed by atoms with Gasteiger partial charge in [0.15, 0.2) is 18.1 Å². The molecule has 0 saturated carbocycles. The Balaban J connectivity index is 1.37. The van der Waals surface area contributed by atoms with Gasteiger partial charge in [-0.25, -0.2) is 0 Å². The molecule has 0 aliphatic heterocycles. The lowest BCUT2D eigenvalue weighted by Crippen LogP contribution is -2.38. The van der Waals surface area contributed by atoms with Gasteiger partial charge >= 0.3 is 0 Å². The fourth-order valence-electron chi connectivity index (χ4n) is 3.82. The molecular weight excluding hydrogens is 596 g/mol. The number of nitrogens with one attached hydrogen (secondary N) is 1. The lowest BCUT2D eigenvalue weighted by molar-refractivity contribution is -0.133. The normalized spacial score (nSPS) is 10.6. The third kappa shape index (κ3) is 8.27. The minimum atomic E-state index is -0.258. The Morgan fingerprint density at radius 2 is 1.68 bits per heavy atom. The van der Waals surface area contributed by atoms with Crippen LogP contribution < -0.4 is 19.5 Å². The van der Waals surface area contributed by atoms with E-state index in [-0.39, 0.29) is 31.4 Å². The van der Waals surface area contributed by atoms with E-state index in [4.69, 9.17) is 14.2 Å². The first-order valence-electron chi connectivity index (χ1n) is 12.5. The molecule has 0 radical (unpaired) electrons. The van der Waals surface area contributed by atoms with Crippen LogP contribution in [-0.2, 0) is 16.0 Å². The number of carbonyl (C=O) groups excluding carboxylic acids is 2. The van der Waals surface area contributed by atoms with Crippen LogP contribution in [0.2, 0.25) is 0 Å². The molecule has 0 atom stereocenters. The average molecular weight is 626 g/mol. The maximum absolute atomic E-state index is 13.1. The molecule has 2 amide bonds. The quantitative estimate of drug-likeness (QED) is 0.211. The lowest BCUT2D eigenvalue weighted by atomic mass is 10.1. The number of carbonyl (C=O) groups is 2. The molecule has 0 fully saturated rings. The average Bonchev–Trinajstić information content (AvgIpc) is 3.44. The molecule has 1 aromatic heterocycles. The maximum Gasteiger partial charge on any atom is 0.260 e. The van der Waals surface area contributed by atoms with Crippen LogP contribution in [0, 0.1) is 0 Å². The predicted molar refractivity (Wildman–Crippen MR) is 158 cm³/mol. The Bertz CT molecular complexity index is 1420. The summed E-state index contributed by atoms with van der Waals surface area (Å²) in [7, 11) is 3.16. The van der Waals surface area contributed by atoms with Crippen LogP contribution in [0.5, 0.6) is 17.2 Å². The summed E-state index contributed by atoms with van der Waals surface area (Å²) >= 11 is 4.71. The van der Waals surface area contributed by atoms with Crippen molar-refractivity contribution in [1.82, 2.24) is 15.1 Å². The summed E-state index contributed by atoms with van der Waals surface area (Å²) < 4.78 is 17.4. The van der Waals surface area contributed by atoms with Crippen molar-refractivity contribution in [3.63, 3.8) is 0 Å². The molecule has 1 heterocycles. The van der Waals surface area contributed by atoms with Crippen LogP contribution in [-0.4, -0.2) is 60.8 Å². The molecule has 208 valence electrons. The number of hydrogen-bond acceptors (Lipinski definition) is 8. The molecule has 0 saturated heterocycles. The number of benzene rings is 3. The zero-order valence-electron chi connectivity index (χ0n) is 22.1. The van der Waals surface area contributed by atoms with Crippen LogP contribution in [0.4, 0.5) is 5.13 Å². The minimum Gasteiger partial charge on any atom is -0.493 e. The fourth-order valence-corrected chi connectivity index (χ4v) is 4.85. The van der Waals surface area contributed by atoms with Gasteiger partial charge in [-0.1, -0.05) is 63.7 Å². The molecular formula is C29H29BrN4O5S. The molecule has 40 heavy (non-hydrogen) atoms. The van der Waals surface area contributed by atoms with E-state index in [0.717, 1.165) is 15.6 Å². The van der Waals surface area contributed by atoms with Crippen molar-refractivity contribution in [3.8, 4) is 27.8 Å². The van der Waals surface area contributed by atoms with Crippen molar-refractivity contribution in [1.29, 1.82) is 0 Å². The lowest BCUT2D eigenvalue weighted by Gasteiger charge is -2.23. The highest BCUT2D eigenvalue weighted by atomic mass is 79.9. The van der Waals surface area contributed by atoms with Crippen LogP contribution in [0.1, 0.15) is 12.0 Å². The fraction of sp³-hybridized carbons (Fsp3) is 0.241. The molecule has 0 aliphatic carbocycles. The summed E-state index contributed by atoms with van der Waals surface area (Å²) in [4.78, 5) is 27.5. The number of hydrogen-bond donors (Lipinski definition) is 1. The Morgan fingerprint density at radius 1 is 0.925 bits per heavy atom. The highest BCUT2D eigenvalue weighted by molar-refractivity contribution is 9.10. The number of anilines is 1. The second-order valence-corrected chi connectivity index (χ2v) is 10.5. The maximum atomic E-state index is 13.1. The van der Waals surface area contributed by atoms with E-state index in [9.17, 15) is 9.59 Å². The van der Waals surface area contributed by atoms with Crippen LogP contribution in [0.15, 0.2) is 77.3 Å². The molecule has 11 heteroatoms. The van der Waals surface area contributed by atoms with E-state index in [0.29, 0.717) is 40.4 Å². The van der Waals surface area contributed by atoms with Crippen molar-refractivity contribution in [2.75, 3.05) is 39.2 Å². The second-order valence-electron chi connectivity index (χ2n) is 8.64. The van der Waals surface area contributed by atoms with Gasteiger partial charge in [-0.15, -0.1) is 10.2 Å². The third-order valence-corrected chi connectivity index (χ3v) is 7.36. The highest BCUT2D eigenvalue weighted by Crippen LogP contribution is 2.28.